The summed E-state index contributed by atoms with van der Waals surface area (Å²) in [4.78, 5) is 7.03. The van der Waals surface area contributed by atoms with Gasteiger partial charge in [-0.25, -0.2) is 5.90 Å². The summed E-state index contributed by atoms with van der Waals surface area (Å²) in [7, 11) is 1.65. The second kappa shape index (κ2) is 11.7. The molecule has 2 aliphatic rings. The van der Waals surface area contributed by atoms with Gasteiger partial charge in [0.05, 0.1) is 31.1 Å². The molecule has 27 heavy (non-hydrogen) atoms. The van der Waals surface area contributed by atoms with Gasteiger partial charge in [-0.3, -0.25) is 0 Å². The average Bonchev–Trinajstić information content (AvgIpc) is 2.66. The van der Waals surface area contributed by atoms with Crippen LogP contribution < -0.4 is 21.3 Å². The Hall–Kier alpha value is -1.94. The Morgan fingerprint density at radius 3 is 2.56 bits per heavy atom. The lowest BCUT2D eigenvalue weighted by Crippen LogP contribution is -2.44. The van der Waals surface area contributed by atoms with Crippen molar-refractivity contribution in [1.29, 1.82) is 0 Å². The summed E-state index contributed by atoms with van der Waals surface area (Å²) in [6.07, 6.45) is 7.44. The summed E-state index contributed by atoms with van der Waals surface area (Å²) in [6.45, 7) is 6.01. The molecule has 1 aromatic rings. The lowest BCUT2D eigenvalue weighted by atomic mass is 9.91. The molecule has 0 atom stereocenters. The Balaban J connectivity index is 0.000000817. The molecule has 152 valence electrons. The molecule has 1 saturated heterocycles. The Bertz CT molecular complexity index is 548. The van der Waals surface area contributed by atoms with Gasteiger partial charge in [-0.15, -0.1) is 5.10 Å². The van der Waals surface area contributed by atoms with Crippen LogP contribution >= 0.6 is 0 Å². The second-order valence-electron chi connectivity index (χ2n) is 6.50. The van der Waals surface area contributed by atoms with Crippen molar-refractivity contribution in [2.75, 3.05) is 38.3 Å². The molecule has 1 saturated carbocycles. The van der Waals surface area contributed by atoms with E-state index < -0.39 is 0 Å². The van der Waals surface area contributed by atoms with Gasteiger partial charge in [-0.2, -0.15) is 5.10 Å². The maximum Gasteiger partial charge on any atom is 0.154 e. The highest BCUT2D eigenvalue weighted by Gasteiger charge is 2.33. The monoisotopic (exact) mass is 381 g/mol. The van der Waals surface area contributed by atoms with E-state index in [9.17, 15) is 0 Å². The Morgan fingerprint density at radius 1 is 1.22 bits per heavy atom. The first-order valence-electron chi connectivity index (χ1n) is 9.23. The first-order chi connectivity index (χ1) is 13.2. The van der Waals surface area contributed by atoms with Crippen molar-refractivity contribution < 1.29 is 19.0 Å². The van der Waals surface area contributed by atoms with E-state index in [2.05, 4.69) is 27.4 Å². The molecule has 1 aliphatic heterocycles. The van der Waals surface area contributed by atoms with Gasteiger partial charge in [0.2, 0.25) is 0 Å². The molecule has 1 aromatic heterocycles. The van der Waals surface area contributed by atoms with E-state index in [0.29, 0.717) is 25.4 Å². The van der Waals surface area contributed by atoms with Gasteiger partial charge in [0.1, 0.15) is 12.4 Å². The second-order valence-corrected chi connectivity index (χ2v) is 6.50. The number of hydrogen-bond acceptors (Lipinski definition) is 9. The van der Waals surface area contributed by atoms with Crippen molar-refractivity contribution in [3.05, 3.63) is 25.0 Å². The predicted octanol–water partition coefficient (Wildman–Crippen LogP) is 0.997. The molecule has 2 fully saturated rings. The number of anilines is 1. The highest BCUT2D eigenvalue weighted by molar-refractivity contribution is 5.42. The summed E-state index contributed by atoms with van der Waals surface area (Å²) in [6, 6.07) is 1.93. The van der Waals surface area contributed by atoms with E-state index in [1.807, 2.05) is 6.07 Å². The van der Waals surface area contributed by atoms with Gasteiger partial charge < -0.3 is 29.7 Å². The number of methoxy groups -OCH3 is 1. The number of hydrogen-bond donors (Lipinski definition) is 2. The minimum atomic E-state index is 0.172. The Morgan fingerprint density at radius 2 is 1.93 bits per heavy atom. The van der Waals surface area contributed by atoms with Crippen molar-refractivity contribution in [3.63, 3.8) is 0 Å². The van der Waals surface area contributed by atoms with E-state index in [4.69, 9.17) is 24.9 Å². The Kier molecular flexibility index (Phi) is 9.26. The summed E-state index contributed by atoms with van der Waals surface area (Å²) in [5.74, 6) is 6.74. The summed E-state index contributed by atoms with van der Waals surface area (Å²) < 4.78 is 16.7. The third-order valence-corrected chi connectivity index (χ3v) is 4.57. The summed E-state index contributed by atoms with van der Waals surface area (Å²) in [5.41, 5.74) is 4.61. The molecule has 0 spiro atoms. The van der Waals surface area contributed by atoms with Crippen LogP contribution in [0.3, 0.4) is 0 Å². The lowest BCUT2D eigenvalue weighted by Gasteiger charge is -2.39. The fourth-order valence-electron chi connectivity index (χ4n) is 3.05. The minimum absolute atomic E-state index is 0.172. The van der Waals surface area contributed by atoms with Crippen LogP contribution in [0.25, 0.3) is 0 Å². The quantitative estimate of drug-likeness (QED) is 0.502. The number of nitrogens with two attached hydrogens (primary N) is 2. The van der Waals surface area contributed by atoms with Crippen molar-refractivity contribution in [3.8, 4) is 5.75 Å². The molecular weight excluding hydrogens is 350 g/mol. The van der Waals surface area contributed by atoms with Crippen LogP contribution in [0, 0.1) is 0 Å². The van der Waals surface area contributed by atoms with E-state index >= 15 is 0 Å². The van der Waals surface area contributed by atoms with Crippen molar-refractivity contribution in [1.82, 2.24) is 10.2 Å². The number of aromatic nitrogens is 2. The van der Waals surface area contributed by atoms with Gasteiger partial charge >= 0.3 is 0 Å². The van der Waals surface area contributed by atoms with Crippen molar-refractivity contribution in [2.24, 2.45) is 11.6 Å². The van der Waals surface area contributed by atoms with Crippen molar-refractivity contribution >= 4 is 5.82 Å². The van der Waals surface area contributed by atoms with Crippen LogP contribution in [0.2, 0.25) is 0 Å². The maximum atomic E-state index is 6.10. The SMILES string of the molecule is C=CN.COCCOc1cnnc(N2CCC(OC3CC(ON)C3)CC2)c1. The normalized spacial score (nSPS) is 22.4. The van der Waals surface area contributed by atoms with E-state index in [0.717, 1.165) is 50.3 Å². The molecular formula is C18H31N5O4. The molecule has 2 heterocycles. The molecule has 1 aliphatic carbocycles. The highest BCUT2D eigenvalue weighted by Crippen LogP contribution is 2.29. The van der Waals surface area contributed by atoms with E-state index in [-0.39, 0.29) is 6.10 Å². The number of rotatable bonds is 8. The van der Waals surface area contributed by atoms with E-state index in [1.165, 1.54) is 6.20 Å². The first-order valence-corrected chi connectivity index (χ1v) is 9.23. The minimum Gasteiger partial charge on any atom is -0.489 e. The Labute approximate surface area is 160 Å². The van der Waals surface area contributed by atoms with Gasteiger partial charge in [0.25, 0.3) is 0 Å². The third-order valence-electron chi connectivity index (χ3n) is 4.57. The van der Waals surface area contributed by atoms with Crippen LogP contribution in [0.4, 0.5) is 5.82 Å². The van der Waals surface area contributed by atoms with Crippen molar-refractivity contribution in [2.45, 2.75) is 44.0 Å². The molecule has 4 N–H and O–H groups in total. The van der Waals surface area contributed by atoms with Gasteiger partial charge in [0.15, 0.2) is 5.82 Å². The lowest BCUT2D eigenvalue weighted by molar-refractivity contribution is -0.130. The van der Waals surface area contributed by atoms with Crippen LogP contribution in [-0.4, -0.2) is 61.9 Å². The van der Waals surface area contributed by atoms with Crippen LogP contribution in [-0.2, 0) is 14.3 Å². The number of piperidine rings is 1. The van der Waals surface area contributed by atoms with Gasteiger partial charge in [-0.05, 0) is 19.0 Å². The van der Waals surface area contributed by atoms with Crippen LogP contribution in [0.15, 0.2) is 25.0 Å². The van der Waals surface area contributed by atoms with Gasteiger partial charge in [0, 0.05) is 39.1 Å². The van der Waals surface area contributed by atoms with Crippen LogP contribution in [0.5, 0.6) is 5.75 Å². The molecule has 9 heteroatoms. The van der Waals surface area contributed by atoms with E-state index in [1.54, 1.807) is 13.3 Å². The first kappa shape index (κ1) is 21.4. The average molecular weight is 381 g/mol. The summed E-state index contributed by atoms with van der Waals surface area (Å²) >= 11 is 0. The highest BCUT2D eigenvalue weighted by atomic mass is 16.6. The number of nitrogens with zero attached hydrogens (tertiary/aromatic N) is 3. The molecule has 0 amide bonds. The topological polar surface area (TPSA) is 118 Å². The molecule has 0 bridgehead atoms. The fraction of sp³-hybridized carbons (Fsp3) is 0.667. The fourth-order valence-corrected chi connectivity index (χ4v) is 3.05. The molecule has 0 aromatic carbocycles. The molecule has 9 nitrogen and oxygen atoms in total. The number of ether oxygens (including phenoxy) is 3. The largest absolute Gasteiger partial charge is 0.489 e. The standard InChI is InChI=1S/C16H26N4O4.C2H5N/c1-21-6-7-22-15-10-16(19-18-11-15)20-4-2-12(3-5-20)23-13-8-14(9-13)24-17;1-2-3/h10-14H,2-9,17H2,1H3;2H,1,3H2. The zero-order valence-corrected chi connectivity index (χ0v) is 16.0. The predicted molar refractivity (Wildman–Crippen MR) is 102 cm³/mol. The molecule has 0 unspecified atom stereocenters. The zero-order chi connectivity index (χ0) is 19.5. The zero-order valence-electron chi connectivity index (χ0n) is 16.0. The van der Waals surface area contributed by atoms with Gasteiger partial charge in [-0.1, -0.05) is 6.58 Å². The molecule has 3 rings (SSSR count). The summed E-state index contributed by atoms with van der Waals surface area (Å²) in [5, 5.41) is 8.25. The molecule has 0 radical (unpaired) electrons. The third kappa shape index (κ3) is 6.94. The smallest absolute Gasteiger partial charge is 0.154 e. The van der Waals surface area contributed by atoms with Crippen LogP contribution in [0.1, 0.15) is 25.7 Å². The maximum absolute atomic E-state index is 6.10.